The summed E-state index contributed by atoms with van der Waals surface area (Å²) in [6, 6.07) is 17.7. The third-order valence-corrected chi connectivity index (χ3v) is 9.70. The first-order valence-electron chi connectivity index (χ1n) is 14.8. The van der Waals surface area contributed by atoms with E-state index in [2.05, 4.69) is 32.2 Å². The number of ether oxygens (including phenoxy) is 1. The molecule has 1 N–H and O–H groups in total. The summed E-state index contributed by atoms with van der Waals surface area (Å²) in [6.45, 7) is 9.59. The maximum absolute atomic E-state index is 13.7. The molecular weight excluding hydrogens is 544 g/mol. The topological polar surface area (TPSA) is 75.9 Å². The number of rotatable bonds is 6. The molecule has 1 aliphatic carbocycles. The van der Waals surface area contributed by atoms with Crippen LogP contribution in [0, 0.1) is 11.3 Å². The summed E-state index contributed by atoms with van der Waals surface area (Å²) < 4.78 is 7.42. The quantitative estimate of drug-likeness (QED) is 0.257. The van der Waals surface area contributed by atoms with E-state index in [1.54, 1.807) is 11.3 Å². The van der Waals surface area contributed by atoms with Crippen molar-refractivity contribution in [2.24, 2.45) is 16.3 Å². The number of thiophene rings is 1. The Morgan fingerprint density at radius 2 is 1.81 bits per heavy atom. The van der Waals surface area contributed by atoms with Crippen molar-refractivity contribution in [1.29, 1.82) is 0 Å². The van der Waals surface area contributed by atoms with Crippen LogP contribution in [-0.4, -0.2) is 53.8 Å². The molecule has 1 atom stereocenters. The normalized spacial score (nSPS) is 17.5. The van der Waals surface area contributed by atoms with Crippen molar-refractivity contribution in [3.8, 4) is 0 Å². The van der Waals surface area contributed by atoms with Gasteiger partial charge in [0.25, 0.3) is 5.91 Å². The molecule has 0 bridgehead atoms. The molecule has 1 saturated heterocycles. The van der Waals surface area contributed by atoms with Gasteiger partial charge in [-0.05, 0) is 54.4 Å². The van der Waals surface area contributed by atoms with E-state index < -0.39 is 0 Å². The zero-order valence-corrected chi connectivity index (χ0v) is 25.4. The van der Waals surface area contributed by atoms with Gasteiger partial charge in [-0.3, -0.25) is 9.59 Å². The molecule has 7 nitrogen and oxygen atoms in total. The monoisotopic (exact) mass is 582 g/mol. The minimum Gasteiger partial charge on any atom is -0.378 e. The van der Waals surface area contributed by atoms with Gasteiger partial charge in [0.2, 0.25) is 5.91 Å². The molecule has 1 aliphatic heterocycles. The van der Waals surface area contributed by atoms with Crippen molar-refractivity contribution in [2.75, 3.05) is 31.6 Å². The van der Waals surface area contributed by atoms with Crippen LogP contribution in [0.1, 0.15) is 53.6 Å². The number of anilines is 1. The standard InChI is InChI=1S/C34H38N4O3S/c1-34(2,3)24-13-14-27-29(19-24)42-33(31(27)32(40)36-25-9-5-4-6-10-25)35-20-23-21-38(28-12-8-7-11-26(23)28)22-30(39)37-15-17-41-18-16-37/h4-12,20-21,24H,13-19,22H2,1-3H3,(H,36,40)/t24-/m0/s1. The van der Waals surface area contributed by atoms with Gasteiger partial charge in [-0.25, -0.2) is 4.99 Å². The summed E-state index contributed by atoms with van der Waals surface area (Å²) in [7, 11) is 0. The van der Waals surface area contributed by atoms with Crippen molar-refractivity contribution in [2.45, 2.75) is 46.6 Å². The number of morpholine rings is 1. The fraction of sp³-hybridized carbons (Fsp3) is 0.382. The second kappa shape index (κ2) is 11.9. The van der Waals surface area contributed by atoms with Crippen LogP contribution in [-0.2, 0) is 28.9 Å². The van der Waals surface area contributed by atoms with Gasteiger partial charge in [0.05, 0.1) is 18.8 Å². The van der Waals surface area contributed by atoms with Crippen molar-refractivity contribution < 1.29 is 14.3 Å². The summed E-state index contributed by atoms with van der Waals surface area (Å²) >= 11 is 1.64. The molecule has 3 heterocycles. The first-order chi connectivity index (χ1) is 20.3. The minimum absolute atomic E-state index is 0.0849. The predicted octanol–water partition coefficient (Wildman–Crippen LogP) is 6.72. The number of aromatic nitrogens is 1. The lowest BCUT2D eigenvalue weighted by atomic mass is 9.72. The van der Waals surface area contributed by atoms with Crippen LogP contribution in [0.4, 0.5) is 10.7 Å². The van der Waals surface area contributed by atoms with Crippen LogP contribution in [0.2, 0.25) is 0 Å². The molecule has 0 spiro atoms. The highest BCUT2D eigenvalue weighted by molar-refractivity contribution is 7.16. The number of benzene rings is 2. The molecule has 2 amide bonds. The summed E-state index contributed by atoms with van der Waals surface area (Å²) in [5.74, 6) is 0.535. The van der Waals surface area contributed by atoms with Crippen LogP contribution < -0.4 is 5.32 Å². The second-order valence-electron chi connectivity index (χ2n) is 12.3. The molecule has 6 rings (SSSR count). The molecule has 2 aromatic heterocycles. The first-order valence-corrected chi connectivity index (χ1v) is 15.6. The zero-order valence-electron chi connectivity index (χ0n) is 24.6. The van der Waals surface area contributed by atoms with Gasteiger partial charge in [0, 0.05) is 52.5 Å². The van der Waals surface area contributed by atoms with Gasteiger partial charge in [-0.15, -0.1) is 11.3 Å². The lowest BCUT2D eigenvalue weighted by molar-refractivity contribution is -0.135. The molecule has 0 radical (unpaired) electrons. The Kier molecular flexibility index (Phi) is 8.01. The Morgan fingerprint density at radius 1 is 1.07 bits per heavy atom. The minimum atomic E-state index is -0.112. The van der Waals surface area contributed by atoms with Gasteiger partial charge in [0.15, 0.2) is 0 Å². The summed E-state index contributed by atoms with van der Waals surface area (Å²) in [6.07, 6.45) is 6.76. The zero-order chi connectivity index (χ0) is 29.3. The summed E-state index contributed by atoms with van der Waals surface area (Å²) in [4.78, 5) is 34.9. The molecule has 218 valence electrons. The van der Waals surface area contributed by atoms with Crippen LogP contribution in [0.25, 0.3) is 10.9 Å². The van der Waals surface area contributed by atoms with Gasteiger partial charge >= 0.3 is 0 Å². The predicted molar refractivity (Wildman–Crippen MR) is 170 cm³/mol. The number of hydrogen-bond donors (Lipinski definition) is 1. The number of carbonyl (C=O) groups is 2. The number of amides is 2. The van der Waals surface area contributed by atoms with E-state index in [1.807, 2.05) is 70.4 Å². The Bertz CT molecular complexity index is 1620. The van der Waals surface area contributed by atoms with E-state index in [-0.39, 0.29) is 23.8 Å². The van der Waals surface area contributed by atoms with Crippen LogP contribution in [0.15, 0.2) is 65.8 Å². The average molecular weight is 583 g/mol. The number of fused-ring (bicyclic) bond motifs is 2. The molecule has 8 heteroatoms. The molecule has 42 heavy (non-hydrogen) atoms. The Morgan fingerprint density at radius 3 is 2.57 bits per heavy atom. The molecule has 2 aromatic carbocycles. The molecule has 4 aromatic rings. The number of hydrogen-bond acceptors (Lipinski definition) is 5. The molecular formula is C34H38N4O3S. The van der Waals surface area contributed by atoms with Crippen molar-refractivity contribution in [1.82, 2.24) is 9.47 Å². The van der Waals surface area contributed by atoms with E-state index in [9.17, 15) is 9.59 Å². The SMILES string of the molecule is CC(C)(C)[C@H]1CCc2c(sc(N=Cc3cn(CC(=O)N4CCOCC4)c4ccccc34)c2C(=O)Nc2ccccc2)C1. The third-order valence-electron chi connectivity index (χ3n) is 8.54. The summed E-state index contributed by atoms with van der Waals surface area (Å²) in [5.41, 5.74) is 4.72. The first kappa shape index (κ1) is 28.4. The lowest BCUT2D eigenvalue weighted by Crippen LogP contribution is -2.42. The molecule has 2 aliphatic rings. The molecule has 0 saturated carbocycles. The molecule has 1 fully saturated rings. The highest BCUT2D eigenvalue weighted by Crippen LogP contribution is 2.45. The number of aliphatic imine (C=N–C) groups is 1. The van der Waals surface area contributed by atoms with E-state index in [1.165, 1.54) is 4.88 Å². The van der Waals surface area contributed by atoms with E-state index in [4.69, 9.17) is 9.73 Å². The Labute approximate surface area is 251 Å². The fourth-order valence-corrected chi connectivity index (χ4v) is 7.31. The van der Waals surface area contributed by atoms with E-state index in [0.717, 1.165) is 52.0 Å². The fourth-order valence-electron chi connectivity index (χ4n) is 6.05. The van der Waals surface area contributed by atoms with Crippen molar-refractivity contribution in [3.63, 3.8) is 0 Å². The Balaban J connectivity index is 1.34. The second-order valence-corrected chi connectivity index (χ2v) is 13.4. The number of para-hydroxylation sites is 2. The van der Waals surface area contributed by atoms with Crippen LogP contribution in [0.5, 0.6) is 0 Å². The van der Waals surface area contributed by atoms with Gasteiger partial charge < -0.3 is 19.5 Å². The van der Waals surface area contributed by atoms with Crippen molar-refractivity contribution in [3.05, 3.63) is 82.4 Å². The van der Waals surface area contributed by atoms with Crippen LogP contribution >= 0.6 is 11.3 Å². The average Bonchev–Trinajstić information content (AvgIpc) is 3.54. The van der Waals surface area contributed by atoms with Crippen LogP contribution in [0.3, 0.4) is 0 Å². The summed E-state index contributed by atoms with van der Waals surface area (Å²) in [5, 5.41) is 4.87. The third kappa shape index (κ3) is 5.92. The largest absolute Gasteiger partial charge is 0.378 e. The van der Waals surface area contributed by atoms with Gasteiger partial charge in [-0.1, -0.05) is 57.2 Å². The maximum Gasteiger partial charge on any atom is 0.259 e. The molecule has 0 unspecified atom stereocenters. The number of carbonyl (C=O) groups excluding carboxylic acids is 2. The highest BCUT2D eigenvalue weighted by Gasteiger charge is 2.33. The maximum atomic E-state index is 13.7. The van der Waals surface area contributed by atoms with E-state index >= 15 is 0 Å². The number of nitrogens with one attached hydrogen (secondary N) is 1. The van der Waals surface area contributed by atoms with Crippen molar-refractivity contribution >= 4 is 51.0 Å². The van der Waals surface area contributed by atoms with Gasteiger partial charge in [-0.2, -0.15) is 0 Å². The Hall–Kier alpha value is -3.75. The lowest BCUT2D eigenvalue weighted by Gasteiger charge is -2.33. The number of nitrogens with zero attached hydrogens (tertiary/aromatic N) is 3. The highest BCUT2D eigenvalue weighted by atomic mass is 32.1. The van der Waals surface area contributed by atoms with E-state index in [0.29, 0.717) is 37.8 Å². The smallest absolute Gasteiger partial charge is 0.259 e. The van der Waals surface area contributed by atoms with Gasteiger partial charge in [0.1, 0.15) is 11.5 Å².